The van der Waals surface area contributed by atoms with Crippen molar-refractivity contribution in [3.63, 3.8) is 0 Å². The van der Waals surface area contributed by atoms with E-state index in [1.807, 2.05) is 20.0 Å². The fourth-order valence-corrected chi connectivity index (χ4v) is 1.66. The molecule has 0 spiro atoms. The maximum Gasteiger partial charge on any atom is 0.246 e. The molecular weight excluding hydrogens is 180 g/mol. The molecule has 0 saturated carbocycles. The van der Waals surface area contributed by atoms with Crippen LogP contribution in [-0.2, 0) is 11.3 Å². The molecule has 2 heterocycles. The molecule has 76 valence electrons. The van der Waals surface area contributed by atoms with Crippen LogP contribution >= 0.6 is 0 Å². The van der Waals surface area contributed by atoms with Gasteiger partial charge in [0.05, 0.1) is 17.9 Å². The van der Waals surface area contributed by atoms with Gasteiger partial charge in [0.25, 0.3) is 0 Å². The zero-order valence-electron chi connectivity index (χ0n) is 8.34. The molecule has 1 aromatic rings. The van der Waals surface area contributed by atoms with E-state index in [9.17, 15) is 4.79 Å². The van der Waals surface area contributed by atoms with Crippen LogP contribution < -0.4 is 10.6 Å². The Balaban J connectivity index is 2.20. The van der Waals surface area contributed by atoms with Crippen molar-refractivity contribution in [1.82, 2.24) is 9.78 Å². The van der Waals surface area contributed by atoms with E-state index < -0.39 is 0 Å². The average molecular weight is 194 g/mol. The lowest BCUT2D eigenvalue weighted by atomic mass is 9.97. The second-order valence-corrected chi connectivity index (χ2v) is 3.53. The molecule has 5 heteroatoms. The molecule has 1 saturated heterocycles. The molecule has 2 atom stereocenters. The van der Waals surface area contributed by atoms with Gasteiger partial charge >= 0.3 is 0 Å². The summed E-state index contributed by atoms with van der Waals surface area (Å²) in [5, 5.41) is 4.11. The van der Waals surface area contributed by atoms with Crippen LogP contribution in [0.2, 0.25) is 0 Å². The Morgan fingerprint density at radius 2 is 2.36 bits per heavy atom. The van der Waals surface area contributed by atoms with Crippen LogP contribution in [0.1, 0.15) is 13.8 Å². The van der Waals surface area contributed by atoms with Crippen LogP contribution in [0.4, 0.5) is 5.69 Å². The van der Waals surface area contributed by atoms with Crippen LogP contribution in [0.25, 0.3) is 0 Å². The van der Waals surface area contributed by atoms with Crippen molar-refractivity contribution in [2.24, 2.45) is 5.73 Å². The fourth-order valence-electron chi connectivity index (χ4n) is 1.66. The second kappa shape index (κ2) is 3.09. The van der Waals surface area contributed by atoms with Crippen LogP contribution in [0.5, 0.6) is 0 Å². The lowest BCUT2D eigenvalue weighted by Gasteiger charge is -2.42. The zero-order valence-corrected chi connectivity index (χ0v) is 8.34. The van der Waals surface area contributed by atoms with Gasteiger partial charge in [-0.15, -0.1) is 0 Å². The molecule has 5 nitrogen and oxygen atoms in total. The summed E-state index contributed by atoms with van der Waals surface area (Å²) < 4.78 is 1.79. The van der Waals surface area contributed by atoms with Gasteiger partial charge in [-0.1, -0.05) is 0 Å². The van der Waals surface area contributed by atoms with Gasteiger partial charge in [-0.2, -0.15) is 5.10 Å². The van der Waals surface area contributed by atoms with E-state index in [1.54, 1.807) is 15.8 Å². The number of hydrogen-bond acceptors (Lipinski definition) is 3. The molecule has 1 aromatic heterocycles. The second-order valence-electron chi connectivity index (χ2n) is 3.53. The Kier molecular flexibility index (Phi) is 2.03. The summed E-state index contributed by atoms with van der Waals surface area (Å²) >= 11 is 0. The third-order valence-corrected chi connectivity index (χ3v) is 2.67. The van der Waals surface area contributed by atoms with Crippen LogP contribution in [0.15, 0.2) is 12.4 Å². The summed E-state index contributed by atoms with van der Waals surface area (Å²) in [6.07, 6.45) is 3.56. The largest absolute Gasteiger partial charge is 0.318 e. The molecular formula is C9H14N4O. The molecule has 0 unspecified atom stereocenters. The van der Waals surface area contributed by atoms with Crippen molar-refractivity contribution in [2.75, 3.05) is 4.90 Å². The van der Waals surface area contributed by atoms with Gasteiger partial charge < -0.3 is 10.6 Å². The van der Waals surface area contributed by atoms with Gasteiger partial charge in [0.15, 0.2) is 0 Å². The number of amides is 1. The third kappa shape index (κ3) is 1.13. The van der Waals surface area contributed by atoms with E-state index in [4.69, 9.17) is 5.73 Å². The maximum absolute atomic E-state index is 11.4. The molecule has 14 heavy (non-hydrogen) atoms. The van der Waals surface area contributed by atoms with E-state index in [2.05, 4.69) is 5.10 Å². The molecule has 0 aliphatic carbocycles. The van der Waals surface area contributed by atoms with Crippen molar-refractivity contribution >= 4 is 11.6 Å². The standard InChI is InChI=1S/C9H14N4O/c1-3-12-5-7(4-11-12)13-6(2)8(10)9(13)14/h4-6,8H,3,10H2,1-2H3/t6-,8+/m0/s1. The third-order valence-electron chi connectivity index (χ3n) is 2.67. The number of carbonyl (C=O) groups is 1. The number of carbonyl (C=O) groups excluding carboxylic acids is 1. The summed E-state index contributed by atoms with van der Waals surface area (Å²) in [6, 6.07) is -0.267. The SMILES string of the molecule is CCn1cc(N2C(=O)[C@H](N)[C@@H]2C)cn1. The van der Waals surface area contributed by atoms with Crippen molar-refractivity contribution in [1.29, 1.82) is 0 Å². The van der Waals surface area contributed by atoms with E-state index in [0.29, 0.717) is 0 Å². The number of β-lactam (4-membered cyclic amide) rings is 1. The summed E-state index contributed by atoms with van der Waals surface area (Å²) in [6.45, 7) is 4.75. The van der Waals surface area contributed by atoms with Crippen LogP contribution in [0, 0.1) is 0 Å². The maximum atomic E-state index is 11.4. The highest BCUT2D eigenvalue weighted by molar-refractivity contribution is 6.04. The highest BCUT2D eigenvalue weighted by Crippen LogP contribution is 2.26. The highest BCUT2D eigenvalue weighted by atomic mass is 16.2. The zero-order chi connectivity index (χ0) is 10.3. The summed E-state index contributed by atoms with van der Waals surface area (Å²) in [5.74, 6) is -0.0202. The molecule has 1 aliphatic heterocycles. The van der Waals surface area contributed by atoms with E-state index in [-0.39, 0.29) is 18.0 Å². The quantitative estimate of drug-likeness (QED) is 0.672. The molecule has 1 fully saturated rings. The number of nitrogens with zero attached hydrogens (tertiary/aromatic N) is 3. The summed E-state index contributed by atoms with van der Waals surface area (Å²) in [7, 11) is 0. The van der Waals surface area contributed by atoms with Gasteiger partial charge in [0.1, 0.15) is 6.04 Å². The number of aromatic nitrogens is 2. The van der Waals surface area contributed by atoms with Crippen molar-refractivity contribution in [3.8, 4) is 0 Å². The minimum absolute atomic E-state index is 0.0202. The van der Waals surface area contributed by atoms with Crippen molar-refractivity contribution in [3.05, 3.63) is 12.4 Å². The normalized spacial score (nSPS) is 26.5. The predicted octanol–water partition coefficient (Wildman–Crippen LogP) is -0.0346. The lowest BCUT2D eigenvalue weighted by molar-refractivity contribution is -0.125. The molecule has 0 radical (unpaired) electrons. The molecule has 0 aromatic carbocycles. The number of aryl methyl sites for hydroxylation is 1. The number of nitrogens with two attached hydrogens (primary N) is 1. The Hall–Kier alpha value is -1.36. The molecule has 1 amide bonds. The van der Waals surface area contributed by atoms with E-state index in [0.717, 1.165) is 12.2 Å². The first-order valence-electron chi connectivity index (χ1n) is 4.76. The minimum atomic E-state index is -0.347. The Morgan fingerprint density at radius 1 is 1.64 bits per heavy atom. The first-order chi connectivity index (χ1) is 6.65. The van der Waals surface area contributed by atoms with Gasteiger partial charge in [-0.25, -0.2) is 0 Å². The lowest BCUT2D eigenvalue weighted by Crippen LogP contribution is -2.67. The average Bonchev–Trinajstić information content (AvgIpc) is 2.66. The number of hydrogen-bond donors (Lipinski definition) is 1. The monoisotopic (exact) mass is 194 g/mol. The first-order valence-corrected chi connectivity index (χ1v) is 4.76. The van der Waals surface area contributed by atoms with Gasteiger partial charge in [-0.05, 0) is 13.8 Å². The number of rotatable bonds is 2. The van der Waals surface area contributed by atoms with Crippen LogP contribution in [0.3, 0.4) is 0 Å². The molecule has 2 N–H and O–H groups in total. The summed E-state index contributed by atoms with van der Waals surface area (Å²) in [4.78, 5) is 13.1. The summed E-state index contributed by atoms with van der Waals surface area (Å²) in [5.41, 5.74) is 6.45. The first kappa shape index (κ1) is 9.21. The smallest absolute Gasteiger partial charge is 0.246 e. The van der Waals surface area contributed by atoms with Crippen LogP contribution in [-0.4, -0.2) is 27.8 Å². The Morgan fingerprint density at radius 3 is 2.86 bits per heavy atom. The predicted molar refractivity (Wildman–Crippen MR) is 52.8 cm³/mol. The Labute approximate surface area is 82.5 Å². The van der Waals surface area contributed by atoms with Gasteiger partial charge in [0.2, 0.25) is 5.91 Å². The minimum Gasteiger partial charge on any atom is -0.318 e. The van der Waals surface area contributed by atoms with Crippen molar-refractivity contribution in [2.45, 2.75) is 32.5 Å². The van der Waals surface area contributed by atoms with E-state index in [1.165, 1.54) is 0 Å². The van der Waals surface area contributed by atoms with Crippen molar-refractivity contribution < 1.29 is 4.79 Å². The molecule has 1 aliphatic rings. The highest BCUT2D eigenvalue weighted by Gasteiger charge is 2.42. The molecule has 0 bridgehead atoms. The number of anilines is 1. The topological polar surface area (TPSA) is 64.2 Å². The fraction of sp³-hybridized carbons (Fsp3) is 0.556. The molecule has 2 rings (SSSR count). The van der Waals surface area contributed by atoms with Gasteiger partial charge in [0, 0.05) is 12.7 Å². The Bertz CT molecular complexity index is 359. The van der Waals surface area contributed by atoms with E-state index >= 15 is 0 Å². The van der Waals surface area contributed by atoms with Gasteiger partial charge in [-0.3, -0.25) is 9.48 Å².